The van der Waals surface area contributed by atoms with Crippen LogP contribution in [0.5, 0.6) is 0 Å². The molecule has 1 aromatic heterocycles. The molecule has 158 valence electrons. The summed E-state index contributed by atoms with van der Waals surface area (Å²) in [6.45, 7) is 4.00. The molecule has 0 atom stereocenters. The molecule has 29 heavy (non-hydrogen) atoms. The van der Waals surface area contributed by atoms with E-state index in [1.807, 2.05) is 19.2 Å². The van der Waals surface area contributed by atoms with Crippen molar-refractivity contribution in [3.63, 3.8) is 0 Å². The van der Waals surface area contributed by atoms with E-state index in [9.17, 15) is 40.3 Å². The van der Waals surface area contributed by atoms with Crippen molar-refractivity contribution in [2.24, 2.45) is 5.73 Å². The summed E-state index contributed by atoms with van der Waals surface area (Å²) in [5.41, 5.74) is -1.12. The molecule has 3 N–H and O–H groups in total. The molecule has 2 amide bonds. The zero-order valence-corrected chi connectivity index (χ0v) is 14.9. The highest BCUT2D eigenvalue weighted by molar-refractivity contribution is 6.05. The third kappa shape index (κ3) is 5.90. The van der Waals surface area contributed by atoms with Crippen molar-refractivity contribution in [2.45, 2.75) is 26.2 Å². The first-order chi connectivity index (χ1) is 13.3. The van der Waals surface area contributed by atoms with E-state index >= 15 is 0 Å². The molecule has 0 aliphatic rings. The zero-order valence-electron chi connectivity index (χ0n) is 14.9. The second kappa shape index (κ2) is 8.88. The highest BCUT2D eigenvalue weighted by atomic mass is 19.4. The van der Waals surface area contributed by atoms with Crippen LogP contribution in [-0.2, 0) is 12.4 Å². The van der Waals surface area contributed by atoms with E-state index in [2.05, 4.69) is 4.98 Å². The van der Waals surface area contributed by atoms with Crippen molar-refractivity contribution in [2.75, 3.05) is 5.32 Å². The van der Waals surface area contributed by atoms with Gasteiger partial charge in [0.05, 0.1) is 28.6 Å². The van der Waals surface area contributed by atoms with Gasteiger partial charge in [-0.3, -0.25) is 9.59 Å². The highest BCUT2D eigenvalue weighted by Crippen LogP contribution is 2.38. The fraction of sp³-hybridized carbons (Fsp3) is 0.235. The fourth-order valence-corrected chi connectivity index (χ4v) is 2.03. The van der Waals surface area contributed by atoms with Gasteiger partial charge in [-0.2, -0.15) is 26.3 Å². The minimum Gasteiger partial charge on any atom is -0.364 e. The van der Waals surface area contributed by atoms with Crippen LogP contribution in [0.2, 0.25) is 0 Å². The fourth-order valence-electron chi connectivity index (χ4n) is 2.03. The number of pyridine rings is 1. The van der Waals surface area contributed by atoms with Gasteiger partial charge in [0.2, 0.25) is 0 Å². The number of nitrogens with zero attached hydrogens (tertiary/aromatic N) is 1. The quantitative estimate of drug-likeness (QED) is 0.703. The zero-order chi connectivity index (χ0) is 22.6. The van der Waals surface area contributed by atoms with Crippen LogP contribution in [0.4, 0.5) is 36.4 Å². The summed E-state index contributed by atoms with van der Waals surface area (Å²) >= 11 is 0. The van der Waals surface area contributed by atoms with Crippen molar-refractivity contribution < 1.29 is 40.3 Å². The second-order valence-electron chi connectivity index (χ2n) is 5.13. The monoisotopic (exact) mass is 425 g/mol. The molecule has 0 unspecified atom stereocenters. The number of primary amides is 1. The van der Waals surface area contributed by atoms with Crippen LogP contribution in [0, 0.1) is 5.82 Å². The Morgan fingerprint density at radius 2 is 1.59 bits per heavy atom. The number of aromatic nitrogens is 1. The Hall–Kier alpha value is -3.18. The van der Waals surface area contributed by atoms with Crippen LogP contribution in [0.1, 0.15) is 45.8 Å². The molecule has 0 spiro atoms. The van der Waals surface area contributed by atoms with Crippen LogP contribution in [0.3, 0.4) is 0 Å². The second-order valence-corrected chi connectivity index (χ2v) is 5.13. The van der Waals surface area contributed by atoms with E-state index in [1.165, 1.54) is 0 Å². The van der Waals surface area contributed by atoms with Crippen LogP contribution < -0.4 is 11.1 Å². The summed E-state index contributed by atoms with van der Waals surface area (Å²) in [6.07, 6.45) is -9.82. The Kier molecular flexibility index (Phi) is 7.31. The smallest absolute Gasteiger partial charge is 0.364 e. The summed E-state index contributed by atoms with van der Waals surface area (Å²) in [7, 11) is 0. The number of hydrogen-bond donors (Lipinski definition) is 2. The van der Waals surface area contributed by atoms with Crippen LogP contribution >= 0.6 is 0 Å². The Balaban J connectivity index is 0.00000204. The van der Waals surface area contributed by atoms with Gasteiger partial charge in [0, 0.05) is 0 Å². The van der Waals surface area contributed by atoms with Gasteiger partial charge in [-0.05, 0) is 24.3 Å². The van der Waals surface area contributed by atoms with E-state index in [1.54, 1.807) is 0 Å². The normalized spacial score (nSPS) is 11.3. The van der Waals surface area contributed by atoms with E-state index in [4.69, 9.17) is 5.73 Å². The van der Waals surface area contributed by atoms with Crippen molar-refractivity contribution >= 4 is 17.5 Å². The van der Waals surface area contributed by atoms with Crippen molar-refractivity contribution in [1.82, 2.24) is 4.98 Å². The molecule has 0 bridgehead atoms. The maximum absolute atomic E-state index is 14.0. The first-order valence-electron chi connectivity index (χ1n) is 7.86. The average molecular weight is 425 g/mol. The lowest BCUT2D eigenvalue weighted by Gasteiger charge is -2.16. The van der Waals surface area contributed by atoms with Gasteiger partial charge < -0.3 is 11.1 Å². The SMILES string of the molecule is CC.NC(=O)c1ccc(NC(=O)c2c(F)cc(C(F)(F)F)cc2C(F)(F)F)cn1. The first-order valence-corrected chi connectivity index (χ1v) is 7.86. The predicted octanol–water partition coefficient (Wildman–Crippen LogP) is 4.64. The molecule has 12 heteroatoms. The van der Waals surface area contributed by atoms with Gasteiger partial charge >= 0.3 is 12.4 Å². The summed E-state index contributed by atoms with van der Waals surface area (Å²) in [5, 5.41) is 1.86. The lowest BCUT2D eigenvalue weighted by Crippen LogP contribution is -2.22. The molecule has 0 aliphatic carbocycles. The van der Waals surface area contributed by atoms with E-state index in [-0.39, 0.29) is 23.5 Å². The van der Waals surface area contributed by atoms with Gasteiger partial charge in [-0.15, -0.1) is 0 Å². The van der Waals surface area contributed by atoms with E-state index in [0.29, 0.717) is 0 Å². The summed E-state index contributed by atoms with van der Waals surface area (Å²) in [5.74, 6) is -4.57. The van der Waals surface area contributed by atoms with Gasteiger partial charge in [0.1, 0.15) is 11.5 Å². The van der Waals surface area contributed by atoms with Crippen LogP contribution in [-0.4, -0.2) is 16.8 Å². The van der Waals surface area contributed by atoms with Crippen molar-refractivity contribution in [3.05, 3.63) is 58.7 Å². The third-order valence-corrected chi connectivity index (χ3v) is 3.22. The maximum Gasteiger partial charge on any atom is 0.417 e. The lowest BCUT2D eigenvalue weighted by molar-refractivity contribution is -0.143. The number of amides is 2. The summed E-state index contributed by atoms with van der Waals surface area (Å²) in [6, 6.07) is 1.51. The number of nitrogens with one attached hydrogen (secondary N) is 1. The van der Waals surface area contributed by atoms with E-state index in [0.717, 1.165) is 18.3 Å². The van der Waals surface area contributed by atoms with Crippen molar-refractivity contribution in [1.29, 1.82) is 0 Å². The molecule has 2 rings (SSSR count). The number of anilines is 1. The molecule has 0 aliphatic heterocycles. The number of hydrogen-bond acceptors (Lipinski definition) is 3. The molecule has 1 heterocycles. The topological polar surface area (TPSA) is 85.1 Å². The largest absolute Gasteiger partial charge is 0.417 e. The molecule has 5 nitrogen and oxygen atoms in total. The summed E-state index contributed by atoms with van der Waals surface area (Å²) in [4.78, 5) is 26.4. The number of benzene rings is 1. The number of carbonyl (C=O) groups is 2. The summed E-state index contributed by atoms with van der Waals surface area (Å²) < 4.78 is 91.1. The molecule has 0 saturated heterocycles. The van der Waals surface area contributed by atoms with Crippen molar-refractivity contribution in [3.8, 4) is 0 Å². The molecule has 2 aromatic rings. The maximum atomic E-state index is 14.0. The first kappa shape index (κ1) is 23.9. The van der Waals surface area contributed by atoms with Crippen LogP contribution in [0.15, 0.2) is 30.5 Å². The lowest BCUT2D eigenvalue weighted by atomic mass is 10.0. The molecule has 0 radical (unpaired) electrons. The Labute approximate surface area is 159 Å². The average Bonchev–Trinajstić information content (AvgIpc) is 2.61. The standard InChI is InChI=1S/C15H8F7N3O2.C2H6/c16-9-4-6(14(17,18)19)3-8(15(20,21)22)11(9)13(27)25-7-1-2-10(12(23)26)24-5-7;1-2/h1-5H,(H2,23,26)(H,25,27);1-2H3. The highest BCUT2D eigenvalue weighted by Gasteiger charge is 2.41. The molecular weight excluding hydrogens is 411 g/mol. The molecule has 0 saturated carbocycles. The van der Waals surface area contributed by atoms with Gasteiger partial charge in [-0.25, -0.2) is 9.37 Å². The minimum absolute atomic E-state index is 0.210. The van der Waals surface area contributed by atoms with Gasteiger partial charge in [0.25, 0.3) is 11.8 Å². The van der Waals surface area contributed by atoms with E-state index < -0.39 is 46.7 Å². The molecule has 0 fully saturated rings. The number of alkyl halides is 6. The predicted molar refractivity (Wildman–Crippen MR) is 88.5 cm³/mol. The Morgan fingerprint density at radius 3 is 2.00 bits per heavy atom. The molecule has 1 aromatic carbocycles. The minimum atomic E-state index is -5.43. The number of rotatable bonds is 3. The Morgan fingerprint density at radius 1 is 1.00 bits per heavy atom. The third-order valence-electron chi connectivity index (χ3n) is 3.22. The number of nitrogens with two attached hydrogens (primary N) is 1. The number of halogens is 7. The van der Waals surface area contributed by atoms with Crippen LogP contribution in [0.25, 0.3) is 0 Å². The number of carbonyl (C=O) groups excluding carboxylic acids is 2. The Bertz CT molecular complexity index is 892. The van der Waals surface area contributed by atoms with Gasteiger partial charge in [0.15, 0.2) is 0 Å². The van der Waals surface area contributed by atoms with Gasteiger partial charge in [-0.1, -0.05) is 13.8 Å². The molecular formula is C17H14F7N3O2.